The fourth-order valence-corrected chi connectivity index (χ4v) is 3.05. The Morgan fingerprint density at radius 1 is 1.35 bits per heavy atom. The van der Waals surface area contributed by atoms with E-state index in [2.05, 4.69) is 34.6 Å². The molecule has 0 aromatic carbocycles. The molecule has 2 rings (SSSR count). The quantitative estimate of drug-likeness (QED) is 0.561. The Labute approximate surface area is 127 Å². The minimum absolute atomic E-state index is 0.128. The summed E-state index contributed by atoms with van der Waals surface area (Å²) in [5, 5.41) is 3.40. The zero-order chi connectivity index (χ0) is 14.5. The van der Waals surface area contributed by atoms with E-state index in [1.165, 1.54) is 11.2 Å². The summed E-state index contributed by atoms with van der Waals surface area (Å²) >= 11 is 7.54. The van der Waals surface area contributed by atoms with Crippen LogP contribution in [0.5, 0.6) is 0 Å². The highest BCUT2D eigenvalue weighted by molar-refractivity contribution is 7.16. The number of halogens is 1. The number of nitrogen functional groups attached to an aromatic ring is 1. The fourth-order valence-electron chi connectivity index (χ4n) is 1.99. The first-order chi connectivity index (χ1) is 9.65. The van der Waals surface area contributed by atoms with E-state index >= 15 is 0 Å². The second-order valence-electron chi connectivity index (χ2n) is 4.45. The van der Waals surface area contributed by atoms with Crippen molar-refractivity contribution in [2.24, 2.45) is 5.84 Å². The Morgan fingerprint density at radius 3 is 2.70 bits per heavy atom. The number of nitrogens with one attached hydrogen (secondary N) is 2. The van der Waals surface area contributed by atoms with E-state index in [9.17, 15) is 0 Å². The molecule has 2 heterocycles. The number of nitrogens with zero attached hydrogens (tertiary/aromatic N) is 2. The summed E-state index contributed by atoms with van der Waals surface area (Å²) in [4.78, 5) is 9.65. The van der Waals surface area contributed by atoms with Crippen molar-refractivity contribution in [3.05, 3.63) is 33.2 Å². The van der Waals surface area contributed by atoms with Gasteiger partial charge in [0.2, 0.25) is 0 Å². The Balaban J connectivity index is 2.24. The number of aromatic nitrogens is 2. The topological polar surface area (TPSA) is 75.9 Å². The normalized spacial score (nSPS) is 12.2. The van der Waals surface area contributed by atoms with Crippen molar-refractivity contribution in [1.82, 2.24) is 9.97 Å². The van der Waals surface area contributed by atoms with Gasteiger partial charge in [0.05, 0.1) is 10.4 Å². The zero-order valence-electron chi connectivity index (χ0n) is 11.5. The third kappa shape index (κ3) is 3.39. The highest BCUT2D eigenvalue weighted by atomic mass is 35.5. The second-order valence-corrected chi connectivity index (χ2v) is 6.20. The van der Waals surface area contributed by atoms with Crippen LogP contribution < -0.4 is 16.6 Å². The van der Waals surface area contributed by atoms with Crippen molar-refractivity contribution in [3.63, 3.8) is 0 Å². The van der Waals surface area contributed by atoms with Crippen LogP contribution in [0.1, 0.15) is 36.8 Å². The number of nitrogens with two attached hydrogens (primary N) is 1. The number of rotatable bonds is 6. The van der Waals surface area contributed by atoms with E-state index in [1.807, 2.05) is 12.1 Å². The summed E-state index contributed by atoms with van der Waals surface area (Å²) in [6, 6.07) is 4.05. The molecule has 0 aliphatic carbocycles. The maximum absolute atomic E-state index is 5.97. The van der Waals surface area contributed by atoms with Crippen LogP contribution in [0.25, 0.3) is 0 Å². The third-order valence-electron chi connectivity index (χ3n) is 2.96. The lowest BCUT2D eigenvalue weighted by atomic mass is 10.1. The number of hydrazine groups is 1. The largest absolute Gasteiger partial charge is 0.362 e. The Morgan fingerprint density at radius 2 is 2.10 bits per heavy atom. The maximum Gasteiger partial charge on any atom is 0.148 e. The predicted octanol–water partition coefficient (Wildman–Crippen LogP) is 3.60. The number of anilines is 2. The van der Waals surface area contributed by atoms with E-state index < -0.39 is 0 Å². The molecule has 7 heteroatoms. The van der Waals surface area contributed by atoms with Crippen molar-refractivity contribution in [3.8, 4) is 0 Å². The lowest BCUT2D eigenvalue weighted by Gasteiger charge is -2.17. The van der Waals surface area contributed by atoms with Gasteiger partial charge in [-0.15, -0.1) is 11.3 Å². The Hall–Kier alpha value is -1.37. The van der Waals surface area contributed by atoms with Gasteiger partial charge < -0.3 is 10.7 Å². The van der Waals surface area contributed by atoms with Crippen molar-refractivity contribution < 1.29 is 0 Å². The zero-order valence-corrected chi connectivity index (χ0v) is 13.1. The van der Waals surface area contributed by atoms with Crippen LogP contribution in [0, 0.1) is 0 Å². The molecular weight excluding hydrogens is 294 g/mol. The van der Waals surface area contributed by atoms with Gasteiger partial charge in [-0.05, 0) is 25.5 Å². The molecule has 0 saturated carbocycles. The fraction of sp³-hybridized carbons (Fsp3) is 0.385. The molecule has 0 radical (unpaired) electrons. The Bertz CT molecular complexity index is 572. The van der Waals surface area contributed by atoms with Crippen LogP contribution in [-0.2, 0) is 6.42 Å². The van der Waals surface area contributed by atoms with Crippen LogP contribution in [0.15, 0.2) is 18.5 Å². The van der Waals surface area contributed by atoms with E-state index in [0.717, 1.165) is 28.6 Å². The summed E-state index contributed by atoms with van der Waals surface area (Å²) < 4.78 is 0.787. The first kappa shape index (κ1) is 15.0. The highest BCUT2D eigenvalue weighted by Gasteiger charge is 2.14. The molecule has 0 aliphatic rings. The average Bonchev–Trinajstić information content (AvgIpc) is 2.87. The second kappa shape index (κ2) is 6.88. The summed E-state index contributed by atoms with van der Waals surface area (Å²) in [5.74, 6) is 6.99. The summed E-state index contributed by atoms with van der Waals surface area (Å²) in [7, 11) is 0. The van der Waals surface area contributed by atoms with Crippen LogP contribution >= 0.6 is 22.9 Å². The van der Waals surface area contributed by atoms with Crippen molar-refractivity contribution in [2.75, 3.05) is 10.7 Å². The van der Waals surface area contributed by atoms with Crippen LogP contribution in [-0.4, -0.2) is 9.97 Å². The summed E-state index contributed by atoms with van der Waals surface area (Å²) in [6.07, 6.45) is 3.36. The van der Waals surface area contributed by atoms with Gasteiger partial charge in [-0.1, -0.05) is 24.9 Å². The molecule has 2 aromatic rings. The number of thiophene rings is 1. The van der Waals surface area contributed by atoms with Crippen molar-refractivity contribution >= 4 is 34.6 Å². The van der Waals surface area contributed by atoms with Gasteiger partial charge in [-0.25, -0.2) is 15.8 Å². The van der Waals surface area contributed by atoms with E-state index in [4.69, 9.17) is 17.4 Å². The molecule has 20 heavy (non-hydrogen) atoms. The van der Waals surface area contributed by atoms with Gasteiger partial charge >= 0.3 is 0 Å². The predicted molar refractivity (Wildman–Crippen MR) is 85.2 cm³/mol. The molecular formula is C13H18ClN5S. The molecule has 0 aliphatic heterocycles. The minimum atomic E-state index is 0.128. The highest BCUT2D eigenvalue weighted by Crippen LogP contribution is 2.30. The van der Waals surface area contributed by atoms with Crippen LogP contribution in [0.2, 0.25) is 4.34 Å². The molecule has 5 nitrogen and oxygen atoms in total. The molecule has 4 N–H and O–H groups in total. The molecule has 1 unspecified atom stereocenters. The van der Waals surface area contributed by atoms with E-state index in [-0.39, 0.29) is 6.04 Å². The smallest absolute Gasteiger partial charge is 0.148 e. The van der Waals surface area contributed by atoms with Crippen molar-refractivity contribution in [2.45, 2.75) is 32.7 Å². The van der Waals surface area contributed by atoms with Crippen LogP contribution in [0.3, 0.4) is 0 Å². The molecule has 108 valence electrons. The lowest BCUT2D eigenvalue weighted by Crippen LogP contribution is -2.15. The number of hydrogen-bond donors (Lipinski definition) is 3. The molecule has 0 saturated heterocycles. The average molecular weight is 312 g/mol. The van der Waals surface area contributed by atoms with Gasteiger partial charge in [0, 0.05) is 10.4 Å². The van der Waals surface area contributed by atoms with Gasteiger partial charge in [0.15, 0.2) is 0 Å². The molecule has 1 atom stereocenters. The first-order valence-electron chi connectivity index (χ1n) is 6.48. The third-order valence-corrected chi connectivity index (χ3v) is 4.37. The van der Waals surface area contributed by atoms with Crippen LogP contribution in [0.4, 0.5) is 11.6 Å². The minimum Gasteiger partial charge on any atom is -0.362 e. The maximum atomic E-state index is 5.97. The molecule has 0 bridgehead atoms. The van der Waals surface area contributed by atoms with Crippen molar-refractivity contribution in [1.29, 1.82) is 0 Å². The Kier molecular flexibility index (Phi) is 5.17. The molecule has 0 spiro atoms. The van der Waals surface area contributed by atoms with E-state index in [0.29, 0.717) is 5.82 Å². The molecule has 0 fully saturated rings. The van der Waals surface area contributed by atoms with Gasteiger partial charge in [-0.2, -0.15) is 0 Å². The summed E-state index contributed by atoms with van der Waals surface area (Å²) in [5.41, 5.74) is 3.63. The SMILES string of the molecule is CCCc1c(NN)ncnc1NC(C)c1ccc(Cl)s1. The van der Waals surface area contributed by atoms with Gasteiger partial charge in [-0.3, -0.25) is 0 Å². The van der Waals surface area contributed by atoms with Gasteiger partial charge in [0.25, 0.3) is 0 Å². The molecule has 2 aromatic heterocycles. The standard InChI is InChI=1S/C13H18ClN5S/c1-3-4-9-12(16-7-17-13(9)19-15)18-8(2)10-5-6-11(14)20-10/h5-8H,3-4,15H2,1-2H3,(H2,16,17,18,19). The van der Waals surface area contributed by atoms with E-state index in [1.54, 1.807) is 11.3 Å². The lowest BCUT2D eigenvalue weighted by molar-refractivity contribution is 0.858. The monoisotopic (exact) mass is 311 g/mol. The molecule has 0 amide bonds. The van der Waals surface area contributed by atoms with Gasteiger partial charge in [0.1, 0.15) is 18.0 Å². The number of hydrogen-bond acceptors (Lipinski definition) is 6. The first-order valence-corrected chi connectivity index (χ1v) is 7.67. The summed E-state index contributed by atoms with van der Waals surface area (Å²) in [6.45, 7) is 4.19.